The Morgan fingerprint density at radius 3 is 2.81 bits per heavy atom. The molecule has 6 heteroatoms. The average molecular weight is 293 g/mol. The maximum Gasteiger partial charge on any atom is 0.338 e. The Labute approximate surface area is 123 Å². The van der Waals surface area contributed by atoms with E-state index in [1.54, 1.807) is 23.1 Å². The van der Waals surface area contributed by atoms with E-state index in [0.29, 0.717) is 43.0 Å². The van der Waals surface area contributed by atoms with Crippen molar-refractivity contribution < 1.29 is 24.2 Å². The molecule has 0 aromatic heterocycles. The van der Waals surface area contributed by atoms with Crippen molar-refractivity contribution in [1.82, 2.24) is 0 Å². The van der Waals surface area contributed by atoms with E-state index in [1.807, 2.05) is 0 Å². The first kappa shape index (κ1) is 15.3. The molecule has 1 heterocycles. The van der Waals surface area contributed by atoms with Gasteiger partial charge in [-0.15, -0.1) is 0 Å². The minimum Gasteiger partial charge on any atom is -0.493 e. The first-order valence-electron chi connectivity index (χ1n) is 6.93. The highest BCUT2D eigenvalue weighted by atomic mass is 16.5. The number of hydrogen-bond donors (Lipinski definition) is 1. The minimum absolute atomic E-state index is 0.0359. The number of aliphatic hydroxyl groups is 1. The van der Waals surface area contributed by atoms with Crippen LogP contribution in [0.5, 0.6) is 5.75 Å². The molecule has 0 atom stereocenters. The van der Waals surface area contributed by atoms with Crippen LogP contribution in [0.3, 0.4) is 0 Å². The Bertz CT molecular complexity index is 529. The largest absolute Gasteiger partial charge is 0.493 e. The van der Waals surface area contributed by atoms with E-state index in [-0.39, 0.29) is 12.5 Å². The summed E-state index contributed by atoms with van der Waals surface area (Å²) < 4.78 is 10.2. The fourth-order valence-electron chi connectivity index (χ4n) is 2.23. The first-order chi connectivity index (χ1) is 10.2. The van der Waals surface area contributed by atoms with E-state index in [0.717, 1.165) is 6.42 Å². The highest BCUT2D eigenvalue weighted by Gasteiger charge is 2.23. The third-order valence-corrected chi connectivity index (χ3v) is 3.27. The lowest BCUT2D eigenvalue weighted by atomic mass is 10.1. The molecular formula is C15H19NO5. The fourth-order valence-corrected chi connectivity index (χ4v) is 2.23. The predicted molar refractivity (Wildman–Crippen MR) is 76.6 cm³/mol. The second kappa shape index (κ2) is 7.08. The molecule has 2 rings (SSSR count). The van der Waals surface area contributed by atoms with Gasteiger partial charge < -0.3 is 19.5 Å². The SMILES string of the molecule is COC(=O)c1cc(OCCCO)cc(N2CCCC2=O)c1. The Kier molecular flexibility index (Phi) is 5.16. The molecule has 1 N–H and O–H groups in total. The molecule has 0 saturated carbocycles. The lowest BCUT2D eigenvalue weighted by molar-refractivity contribution is -0.117. The summed E-state index contributed by atoms with van der Waals surface area (Å²) in [6.07, 6.45) is 1.82. The Balaban J connectivity index is 2.27. The number of rotatable bonds is 6. The van der Waals surface area contributed by atoms with Crippen LogP contribution in [0, 0.1) is 0 Å². The van der Waals surface area contributed by atoms with Crippen LogP contribution in [-0.2, 0) is 9.53 Å². The van der Waals surface area contributed by atoms with E-state index in [1.165, 1.54) is 7.11 Å². The van der Waals surface area contributed by atoms with Crippen LogP contribution < -0.4 is 9.64 Å². The molecule has 0 radical (unpaired) electrons. The molecule has 1 fully saturated rings. The molecule has 1 aromatic rings. The number of anilines is 1. The molecule has 1 amide bonds. The number of nitrogens with zero attached hydrogens (tertiary/aromatic N) is 1. The van der Waals surface area contributed by atoms with Crippen molar-refractivity contribution in [1.29, 1.82) is 0 Å². The summed E-state index contributed by atoms with van der Waals surface area (Å²) in [4.78, 5) is 25.2. The lowest BCUT2D eigenvalue weighted by Crippen LogP contribution is -2.24. The number of carbonyl (C=O) groups is 2. The number of amides is 1. The molecule has 0 unspecified atom stereocenters. The summed E-state index contributed by atoms with van der Waals surface area (Å²) in [7, 11) is 1.31. The Hall–Kier alpha value is -2.08. The smallest absolute Gasteiger partial charge is 0.338 e. The summed E-state index contributed by atoms with van der Waals surface area (Å²) in [5, 5.41) is 8.78. The number of esters is 1. The van der Waals surface area contributed by atoms with Gasteiger partial charge in [-0.3, -0.25) is 4.79 Å². The summed E-state index contributed by atoms with van der Waals surface area (Å²) in [5.41, 5.74) is 0.980. The third-order valence-electron chi connectivity index (χ3n) is 3.27. The number of benzene rings is 1. The van der Waals surface area contributed by atoms with E-state index in [4.69, 9.17) is 14.6 Å². The number of methoxy groups -OCH3 is 1. The van der Waals surface area contributed by atoms with Gasteiger partial charge in [-0.25, -0.2) is 4.79 Å². The van der Waals surface area contributed by atoms with E-state index in [2.05, 4.69) is 0 Å². The van der Waals surface area contributed by atoms with Crippen LogP contribution in [0.15, 0.2) is 18.2 Å². The Morgan fingerprint density at radius 2 is 2.19 bits per heavy atom. The predicted octanol–water partition coefficient (Wildman–Crippen LogP) is 1.36. The van der Waals surface area contributed by atoms with Crippen LogP contribution in [0.1, 0.15) is 29.6 Å². The van der Waals surface area contributed by atoms with Crippen molar-refractivity contribution in [3.8, 4) is 5.75 Å². The molecule has 1 aliphatic heterocycles. The van der Waals surface area contributed by atoms with Gasteiger partial charge in [0.15, 0.2) is 0 Å². The van der Waals surface area contributed by atoms with Gasteiger partial charge in [0, 0.05) is 37.7 Å². The van der Waals surface area contributed by atoms with Crippen LogP contribution in [0.4, 0.5) is 5.69 Å². The monoisotopic (exact) mass is 293 g/mol. The van der Waals surface area contributed by atoms with Gasteiger partial charge in [0.25, 0.3) is 0 Å². The number of ether oxygens (including phenoxy) is 2. The molecule has 114 valence electrons. The topological polar surface area (TPSA) is 76.1 Å². The van der Waals surface area contributed by atoms with Crippen molar-refractivity contribution >= 4 is 17.6 Å². The van der Waals surface area contributed by atoms with E-state index in [9.17, 15) is 9.59 Å². The molecule has 1 aromatic carbocycles. The highest BCUT2D eigenvalue weighted by molar-refractivity contribution is 5.98. The second-order valence-corrected chi connectivity index (χ2v) is 4.78. The fraction of sp³-hybridized carbons (Fsp3) is 0.467. The zero-order valence-corrected chi connectivity index (χ0v) is 12.0. The first-order valence-corrected chi connectivity index (χ1v) is 6.93. The second-order valence-electron chi connectivity index (χ2n) is 4.78. The van der Waals surface area contributed by atoms with Crippen LogP contribution in [0.2, 0.25) is 0 Å². The van der Waals surface area contributed by atoms with E-state index < -0.39 is 5.97 Å². The zero-order chi connectivity index (χ0) is 15.2. The molecule has 0 spiro atoms. The van der Waals surface area contributed by atoms with Crippen LogP contribution in [0.25, 0.3) is 0 Å². The normalized spacial score (nSPS) is 14.4. The number of carbonyl (C=O) groups excluding carboxylic acids is 2. The molecule has 6 nitrogen and oxygen atoms in total. The molecule has 0 bridgehead atoms. The molecule has 1 saturated heterocycles. The van der Waals surface area contributed by atoms with E-state index >= 15 is 0 Å². The quantitative estimate of drug-likeness (QED) is 0.633. The maximum atomic E-state index is 11.8. The van der Waals surface area contributed by atoms with Crippen molar-refractivity contribution in [3.05, 3.63) is 23.8 Å². The lowest BCUT2D eigenvalue weighted by Gasteiger charge is -2.18. The summed E-state index contributed by atoms with van der Waals surface area (Å²) in [5.74, 6) is 0.0508. The van der Waals surface area contributed by atoms with Gasteiger partial charge in [-0.2, -0.15) is 0 Å². The molecule has 0 aliphatic carbocycles. The van der Waals surface area contributed by atoms with Crippen LogP contribution in [-0.4, -0.2) is 43.9 Å². The summed E-state index contributed by atoms with van der Waals surface area (Å²) >= 11 is 0. The highest BCUT2D eigenvalue weighted by Crippen LogP contribution is 2.28. The van der Waals surface area contributed by atoms with Gasteiger partial charge >= 0.3 is 5.97 Å². The van der Waals surface area contributed by atoms with Gasteiger partial charge in [0.05, 0.1) is 19.3 Å². The van der Waals surface area contributed by atoms with Crippen LogP contribution >= 0.6 is 0 Å². The van der Waals surface area contributed by atoms with Gasteiger partial charge in [-0.1, -0.05) is 0 Å². The van der Waals surface area contributed by atoms with Crippen molar-refractivity contribution in [2.75, 3.05) is 31.8 Å². The summed E-state index contributed by atoms with van der Waals surface area (Å²) in [6, 6.07) is 4.94. The number of hydrogen-bond acceptors (Lipinski definition) is 5. The van der Waals surface area contributed by atoms with Crippen molar-refractivity contribution in [3.63, 3.8) is 0 Å². The molecule has 1 aliphatic rings. The average Bonchev–Trinajstić information content (AvgIpc) is 2.92. The maximum absolute atomic E-state index is 11.8. The van der Waals surface area contributed by atoms with Gasteiger partial charge in [0.1, 0.15) is 5.75 Å². The number of aliphatic hydroxyl groups excluding tert-OH is 1. The third kappa shape index (κ3) is 3.72. The van der Waals surface area contributed by atoms with Crippen molar-refractivity contribution in [2.24, 2.45) is 0 Å². The zero-order valence-electron chi connectivity index (χ0n) is 12.0. The minimum atomic E-state index is -0.476. The van der Waals surface area contributed by atoms with Crippen molar-refractivity contribution in [2.45, 2.75) is 19.3 Å². The van der Waals surface area contributed by atoms with Gasteiger partial charge in [0.2, 0.25) is 5.91 Å². The summed E-state index contributed by atoms with van der Waals surface area (Å²) in [6.45, 7) is 1.02. The Morgan fingerprint density at radius 1 is 1.38 bits per heavy atom. The standard InChI is InChI=1S/C15H19NO5/c1-20-15(19)11-8-12(16-5-2-4-14(16)18)10-13(9-11)21-7-3-6-17/h8-10,17H,2-7H2,1H3. The molecular weight excluding hydrogens is 274 g/mol. The molecule has 21 heavy (non-hydrogen) atoms. The van der Waals surface area contributed by atoms with Gasteiger partial charge in [-0.05, 0) is 18.6 Å².